The lowest BCUT2D eigenvalue weighted by Gasteiger charge is -2.59. The lowest BCUT2D eigenvalue weighted by molar-refractivity contribution is -0.149. The van der Waals surface area contributed by atoms with Crippen LogP contribution in [0.2, 0.25) is 0 Å². The average Bonchev–Trinajstić information content (AvgIpc) is 2.84. The van der Waals surface area contributed by atoms with Crippen molar-refractivity contribution in [3.8, 4) is 0 Å². The first-order valence-corrected chi connectivity index (χ1v) is 13.9. The summed E-state index contributed by atoms with van der Waals surface area (Å²) >= 11 is 1.75. The van der Waals surface area contributed by atoms with E-state index in [-0.39, 0.29) is 36.4 Å². The Kier molecular flexibility index (Phi) is 6.03. The summed E-state index contributed by atoms with van der Waals surface area (Å²) in [5.74, 6) is 2.04. The number of carbonyl (C=O) groups is 2. The molecule has 1 unspecified atom stereocenters. The molecule has 5 nitrogen and oxygen atoms in total. The summed E-state index contributed by atoms with van der Waals surface area (Å²) in [5.41, 5.74) is 2.46. The first-order valence-electron chi connectivity index (χ1n) is 13.1. The van der Waals surface area contributed by atoms with E-state index in [2.05, 4.69) is 41.4 Å². The molecule has 7 rings (SSSR count). The van der Waals surface area contributed by atoms with Crippen LogP contribution in [0.3, 0.4) is 0 Å². The molecule has 1 atom stereocenters. The van der Waals surface area contributed by atoms with Gasteiger partial charge >= 0.3 is 5.97 Å². The zero-order chi connectivity index (χ0) is 24.0. The first-order chi connectivity index (χ1) is 17.0. The highest BCUT2D eigenvalue weighted by Crippen LogP contribution is 2.61. The van der Waals surface area contributed by atoms with Crippen LogP contribution < -0.4 is 10.2 Å². The Morgan fingerprint density at radius 3 is 2.09 bits per heavy atom. The molecule has 4 bridgehead atoms. The molecular weight excluding hydrogens is 456 g/mol. The number of hydrogen-bond donors (Lipinski definition) is 1. The Morgan fingerprint density at radius 1 is 0.971 bits per heavy atom. The predicted molar refractivity (Wildman–Crippen MR) is 138 cm³/mol. The van der Waals surface area contributed by atoms with Gasteiger partial charge in [-0.15, -0.1) is 0 Å². The number of amides is 1. The van der Waals surface area contributed by atoms with E-state index in [0.717, 1.165) is 29.1 Å². The topological polar surface area (TPSA) is 58.6 Å². The van der Waals surface area contributed by atoms with Gasteiger partial charge in [-0.25, -0.2) is 0 Å². The smallest absolute Gasteiger partial charge is 0.308 e. The molecular formula is C29H34N2O3S. The number of anilines is 2. The fraction of sp³-hybridized carbons (Fsp3) is 0.517. The van der Waals surface area contributed by atoms with E-state index in [0.29, 0.717) is 6.54 Å². The molecule has 0 radical (unpaired) electrons. The maximum absolute atomic E-state index is 12.7. The van der Waals surface area contributed by atoms with E-state index in [4.69, 9.17) is 4.74 Å². The van der Waals surface area contributed by atoms with Crippen molar-refractivity contribution in [3.05, 3.63) is 48.5 Å². The van der Waals surface area contributed by atoms with Crippen molar-refractivity contribution in [3.63, 3.8) is 0 Å². The molecule has 1 N–H and O–H groups in total. The van der Waals surface area contributed by atoms with E-state index < -0.39 is 0 Å². The van der Waals surface area contributed by atoms with Crippen molar-refractivity contribution in [2.24, 2.45) is 23.2 Å². The van der Waals surface area contributed by atoms with Crippen LogP contribution in [0.5, 0.6) is 0 Å². The number of carbonyl (C=O) groups excluding carboxylic acids is 2. The van der Waals surface area contributed by atoms with Crippen LogP contribution in [0.15, 0.2) is 58.3 Å². The molecule has 4 aliphatic carbocycles. The maximum atomic E-state index is 12.7. The minimum atomic E-state index is -0.337. The maximum Gasteiger partial charge on any atom is 0.308 e. The third kappa shape index (κ3) is 4.46. The Morgan fingerprint density at radius 2 is 1.51 bits per heavy atom. The molecule has 35 heavy (non-hydrogen) atoms. The van der Waals surface area contributed by atoms with Gasteiger partial charge in [-0.2, -0.15) is 0 Å². The Labute approximate surface area is 212 Å². The molecule has 1 heterocycles. The molecule has 0 saturated heterocycles. The van der Waals surface area contributed by atoms with Gasteiger partial charge in [0.25, 0.3) is 5.91 Å². The molecule has 184 valence electrons. The molecule has 2 aromatic rings. The number of esters is 1. The lowest BCUT2D eigenvalue weighted by Crippen LogP contribution is -2.56. The first kappa shape index (κ1) is 23.0. The van der Waals surface area contributed by atoms with Gasteiger partial charge in [0.1, 0.15) is 0 Å². The number of hydrogen-bond acceptors (Lipinski definition) is 5. The van der Waals surface area contributed by atoms with Crippen LogP contribution >= 0.6 is 11.8 Å². The monoisotopic (exact) mass is 490 g/mol. The van der Waals surface area contributed by atoms with Crippen molar-refractivity contribution >= 4 is 35.0 Å². The number of ether oxygens (including phenoxy) is 1. The molecule has 4 fully saturated rings. The van der Waals surface area contributed by atoms with Gasteiger partial charge in [0.15, 0.2) is 6.61 Å². The minimum Gasteiger partial charge on any atom is -0.456 e. The largest absolute Gasteiger partial charge is 0.456 e. The molecule has 1 amide bonds. The molecule has 0 spiro atoms. The average molecular weight is 491 g/mol. The summed E-state index contributed by atoms with van der Waals surface area (Å²) in [6.07, 6.45) is 8.14. The van der Waals surface area contributed by atoms with Gasteiger partial charge in [-0.3, -0.25) is 9.59 Å². The summed E-state index contributed by atoms with van der Waals surface area (Å²) in [6.45, 7) is 2.48. The van der Waals surface area contributed by atoms with E-state index in [1.165, 1.54) is 48.3 Å². The molecule has 5 aliphatic rings. The Bertz CT molecular complexity index is 1050. The third-order valence-electron chi connectivity index (χ3n) is 8.82. The molecule has 1 aliphatic heterocycles. The molecule has 0 aromatic heterocycles. The number of para-hydroxylation sites is 2. The van der Waals surface area contributed by atoms with Crippen LogP contribution in [0, 0.1) is 23.2 Å². The van der Waals surface area contributed by atoms with E-state index >= 15 is 0 Å². The zero-order valence-corrected chi connectivity index (χ0v) is 21.2. The fourth-order valence-corrected chi connectivity index (χ4v) is 8.68. The van der Waals surface area contributed by atoms with Gasteiger partial charge in [0.05, 0.1) is 17.8 Å². The number of benzene rings is 2. The zero-order valence-electron chi connectivity index (χ0n) is 20.4. The Balaban J connectivity index is 1.02. The third-order valence-corrected chi connectivity index (χ3v) is 9.95. The van der Waals surface area contributed by atoms with Gasteiger partial charge in [0.2, 0.25) is 0 Å². The predicted octanol–water partition coefficient (Wildman–Crippen LogP) is 5.94. The standard InChI is InChI=1S/C29H34N2O3S/c1-19(29-15-20-12-21(16-29)14-22(13-20)17-29)30-27(32)18-34-28(33)10-11-31-23-6-2-4-8-25(23)35-26-9-5-3-7-24(26)31/h2-9,19-22H,10-18H2,1H3,(H,30,32). The van der Waals surface area contributed by atoms with Crippen LogP contribution in [-0.4, -0.2) is 31.1 Å². The second-order valence-electron chi connectivity index (χ2n) is 11.2. The second-order valence-corrected chi connectivity index (χ2v) is 12.3. The fourth-order valence-electron chi connectivity index (χ4n) is 7.59. The normalized spacial score (nSPS) is 28.7. The van der Waals surface area contributed by atoms with Crippen molar-refractivity contribution in [2.75, 3.05) is 18.1 Å². The van der Waals surface area contributed by atoms with Crippen LogP contribution in [-0.2, 0) is 14.3 Å². The van der Waals surface area contributed by atoms with Gasteiger partial charge in [0, 0.05) is 22.4 Å². The summed E-state index contributed by atoms with van der Waals surface area (Å²) in [4.78, 5) is 29.8. The number of fused-ring (bicyclic) bond motifs is 2. The number of rotatable bonds is 7. The SMILES string of the molecule is CC(NC(=O)COC(=O)CCN1c2ccccc2Sc2ccccc21)C12CC3CC(CC(C3)C1)C2. The molecule has 4 saturated carbocycles. The van der Waals surface area contributed by atoms with Gasteiger partial charge in [-0.05, 0) is 92.9 Å². The quantitative estimate of drug-likeness (QED) is 0.487. The molecule has 2 aromatic carbocycles. The summed E-state index contributed by atoms with van der Waals surface area (Å²) in [6, 6.07) is 16.6. The van der Waals surface area contributed by atoms with Crippen LogP contribution in [0.1, 0.15) is 51.9 Å². The van der Waals surface area contributed by atoms with Crippen LogP contribution in [0.25, 0.3) is 0 Å². The number of nitrogens with zero attached hydrogens (tertiary/aromatic N) is 1. The van der Waals surface area contributed by atoms with E-state index in [9.17, 15) is 9.59 Å². The van der Waals surface area contributed by atoms with Crippen molar-refractivity contribution in [1.82, 2.24) is 5.32 Å². The lowest BCUT2D eigenvalue weighted by atomic mass is 9.48. The Hall–Kier alpha value is -2.47. The van der Waals surface area contributed by atoms with Crippen molar-refractivity contribution in [2.45, 2.75) is 67.7 Å². The summed E-state index contributed by atoms with van der Waals surface area (Å²) in [7, 11) is 0. The van der Waals surface area contributed by atoms with Crippen molar-refractivity contribution in [1.29, 1.82) is 0 Å². The highest BCUT2D eigenvalue weighted by atomic mass is 32.2. The van der Waals surface area contributed by atoms with Gasteiger partial charge in [-0.1, -0.05) is 36.0 Å². The van der Waals surface area contributed by atoms with Crippen molar-refractivity contribution < 1.29 is 14.3 Å². The van der Waals surface area contributed by atoms with Gasteiger partial charge < -0.3 is 15.0 Å². The summed E-state index contributed by atoms with van der Waals surface area (Å²) < 4.78 is 5.41. The summed E-state index contributed by atoms with van der Waals surface area (Å²) in [5, 5.41) is 3.19. The second kappa shape index (κ2) is 9.20. The van der Waals surface area contributed by atoms with E-state index in [1.807, 2.05) is 24.3 Å². The minimum absolute atomic E-state index is 0.140. The van der Waals surface area contributed by atoms with E-state index in [1.54, 1.807) is 11.8 Å². The highest BCUT2D eigenvalue weighted by molar-refractivity contribution is 7.99. The van der Waals surface area contributed by atoms with Crippen LogP contribution in [0.4, 0.5) is 11.4 Å². The number of nitrogens with one attached hydrogen (secondary N) is 1. The molecule has 6 heteroatoms. The highest BCUT2D eigenvalue weighted by Gasteiger charge is 2.53.